The van der Waals surface area contributed by atoms with Gasteiger partial charge in [-0.25, -0.2) is 4.79 Å². The van der Waals surface area contributed by atoms with Crippen LogP contribution < -0.4 is 15.5 Å². The average Bonchev–Trinajstić information content (AvgIpc) is 2.66. The smallest absolute Gasteiger partial charge is 0.319 e. The van der Waals surface area contributed by atoms with Crippen LogP contribution in [0.4, 0.5) is 16.2 Å². The number of rotatable bonds is 4. The summed E-state index contributed by atoms with van der Waals surface area (Å²) in [6, 6.07) is 8.37. The summed E-state index contributed by atoms with van der Waals surface area (Å²) in [6.07, 6.45) is 3.56. The molecule has 2 N–H and O–H groups in total. The highest BCUT2D eigenvalue weighted by atomic mass is 16.2. The highest BCUT2D eigenvalue weighted by Gasteiger charge is 2.28. The van der Waals surface area contributed by atoms with Crippen LogP contribution in [0.1, 0.15) is 40.0 Å². The maximum atomic E-state index is 12.6. The number of benzene rings is 1. The van der Waals surface area contributed by atoms with Crippen molar-refractivity contribution in [2.45, 2.75) is 46.1 Å². The van der Waals surface area contributed by atoms with Gasteiger partial charge in [0, 0.05) is 32.2 Å². The minimum absolute atomic E-state index is 0.0735. The van der Waals surface area contributed by atoms with Gasteiger partial charge >= 0.3 is 6.03 Å². The number of para-hydroxylation sites is 2. The predicted octanol–water partition coefficient (Wildman–Crippen LogP) is 3.77. The predicted molar refractivity (Wildman–Crippen MR) is 109 cm³/mol. The maximum Gasteiger partial charge on any atom is 0.319 e. The van der Waals surface area contributed by atoms with Crippen LogP contribution in [0.3, 0.4) is 0 Å². The molecule has 5 nitrogen and oxygen atoms in total. The van der Waals surface area contributed by atoms with E-state index in [0.29, 0.717) is 11.8 Å². The second-order valence-corrected chi connectivity index (χ2v) is 7.91. The molecular weight excluding hydrogens is 324 g/mol. The molecule has 1 aliphatic heterocycles. The number of urea groups is 1. The van der Waals surface area contributed by atoms with Crippen molar-refractivity contribution in [1.82, 2.24) is 10.2 Å². The molecule has 3 atom stereocenters. The molecule has 0 spiro atoms. The van der Waals surface area contributed by atoms with E-state index in [9.17, 15) is 4.79 Å². The fourth-order valence-electron chi connectivity index (χ4n) is 4.27. The first-order valence-electron chi connectivity index (χ1n) is 10.2. The van der Waals surface area contributed by atoms with Crippen LogP contribution in [0.15, 0.2) is 24.3 Å². The zero-order chi connectivity index (χ0) is 18.5. The van der Waals surface area contributed by atoms with E-state index >= 15 is 0 Å². The van der Waals surface area contributed by atoms with Crippen LogP contribution in [0.2, 0.25) is 0 Å². The van der Waals surface area contributed by atoms with E-state index in [1.807, 2.05) is 12.1 Å². The highest BCUT2D eigenvalue weighted by molar-refractivity contribution is 5.93. The molecule has 0 unspecified atom stereocenters. The molecule has 0 bridgehead atoms. The number of carbonyl (C=O) groups is 1. The van der Waals surface area contributed by atoms with Gasteiger partial charge in [0.2, 0.25) is 0 Å². The van der Waals surface area contributed by atoms with Crippen LogP contribution in [-0.4, -0.2) is 49.7 Å². The molecule has 0 aromatic heterocycles. The quantitative estimate of drug-likeness (QED) is 0.861. The van der Waals surface area contributed by atoms with Crippen LogP contribution in [0.5, 0.6) is 0 Å². The van der Waals surface area contributed by atoms with Crippen molar-refractivity contribution in [3.05, 3.63) is 24.3 Å². The number of nitrogens with one attached hydrogen (secondary N) is 2. The molecule has 1 aromatic carbocycles. The van der Waals surface area contributed by atoms with Gasteiger partial charge in [-0.2, -0.15) is 0 Å². The lowest BCUT2D eigenvalue weighted by molar-refractivity contribution is 0.201. The van der Waals surface area contributed by atoms with Gasteiger partial charge in [0.25, 0.3) is 0 Å². The summed E-state index contributed by atoms with van der Waals surface area (Å²) in [4.78, 5) is 17.5. The Hall–Kier alpha value is -1.75. The Morgan fingerprint density at radius 2 is 1.85 bits per heavy atom. The summed E-state index contributed by atoms with van der Waals surface area (Å²) in [6.45, 7) is 12.0. The van der Waals surface area contributed by atoms with Crippen LogP contribution in [-0.2, 0) is 0 Å². The zero-order valence-corrected chi connectivity index (χ0v) is 16.5. The molecule has 144 valence electrons. The SMILES string of the molecule is CCN1CCN(c2ccccc2NC(=O)N[C@@H]2CCC[C@H](C)[C@@H]2C)CC1. The number of hydrogen-bond acceptors (Lipinski definition) is 3. The second kappa shape index (κ2) is 8.76. The monoisotopic (exact) mass is 358 g/mol. The number of carbonyl (C=O) groups excluding carboxylic acids is 1. The molecule has 1 saturated carbocycles. The number of anilines is 2. The van der Waals surface area contributed by atoms with Crippen molar-refractivity contribution in [2.24, 2.45) is 11.8 Å². The van der Waals surface area contributed by atoms with Crippen molar-refractivity contribution < 1.29 is 4.79 Å². The van der Waals surface area contributed by atoms with Crippen molar-refractivity contribution in [3.8, 4) is 0 Å². The number of likely N-dealkylation sites (N-methyl/N-ethyl adjacent to an activating group) is 1. The van der Waals surface area contributed by atoms with Gasteiger partial charge in [0.1, 0.15) is 0 Å². The third kappa shape index (κ3) is 4.50. The molecule has 2 amide bonds. The van der Waals surface area contributed by atoms with Crippen molar-refractivity contribution in [3.63, 3.8) is 0 Å². The number of nitrogens with zero attached hydrogens (tertiary/aromatic N) is 2. The Bertz CT molecular complexity index is 597. The standard InChI is InChI=1S/C21H34N4O/c1-4-24-12-14-25(15-13-24)20-11-6-5-9-19(20)23-21(26)22-18-10-7-8-16(2)17(18)3/h5-6,9,11,16-18H,4,7-8,10,12-15H2,1-3H3,(H2,22,23,26)/t16-,17-,18+/m0/s1. The summed E-state index contributed by atoms with van der Waals surface area (Å²) in [7, 11) is 0. The lowest BCUT2D eigenvalue weighted by atomic mass is 9.78. The van der Waals surface area contributed by atoms with Crippen molar-refractivity contribution >= 4 is 17.4 Å². The highest BCUT2D eigenvalue weighted by Crippen LogP contribution is 2.30. The molecule has 26 heavy (non-hydrogen) atoms. The van der Waals surface area contributed by atoms with E-state index in [0.717, 1.165) is 50.5 Å². The van der Waals surface area contributed by atoms with Gasteiger partial charge in [-0.3, -0.25) is 0 Å². The fraction of sp³-hybridized carbons (Fsp3) is 0.667. The molecule has 1 heterocycles. The van der Waals surface area contributed by atoms with Gasteiger partial charge in [0.15, 0.2) is 0 Å². The molecular formula is C21H34N4O. The Morgan fingerprint density at radius 3 is 2.58 bits per heavy atom. The van der Waals surface area contributed by atoms with E-state index in [4.69, 9.17) is 0 Å². The number of piperazine rings is 1. The topological polar surface area (TPSA) is 47.6 Å². The minimum Gasteiger partial charge on any atom is -0.367 e. The molecule has 1 aliphatic carbocycles. The summed E-state index contributed by atoms with van der Waals surface area (Å²) in [5.41, 5.74) is 2.04. The molecule has 2 fully saturated rings. The van der Waals surface area contributed by atoms with Crippen LogP contribution >= 0.6 is 0 Å². The summed E-state index contributed by atoms with van der Waals surface area (Å²) >= 11 is 0. The van der Waals surface area contributed by atoms with E-state index in [2.05, 4.69) is 53.3 Å². The van der Waals surface area contributed by atoms with Crippen LogP contribution in [0, 0.1) is 11.8 Å². The Kier molecular flexibility index (Phi) is 6.41. The summed E-state index contributed by atoms with van der Waals surface area (Å²) in [5.74, 6) is 1.21. The molecule has 3 rings (SSSR count). The third-order valence-electron chi connectivity index (χ3n) is 6.34. The first-order valence-corrected chi connectivity index (χ1v) is 10.2. The Labute approximate surface area is 158 Å². The van der Waals surface area contributed by atoms with Gasteiger partial charge in [-0.15, -0.1) is 0 Å². The lowest BCUT2D eigenvalue weighted by Crippen LogP contribution is -2.47. The van der Waals surface area contributed by atoms with E-state index in [-0.39, 0.29) is 12.1 Å². The van der Waals surface area contributed by atoms with Gasteiger partial charge in [0.05, 0.1) is 11.4 Å². The summed E-state index contributed by atoms with van der Waals surface area (Å²) in [5, 5.41) is 6.33. The van der Waals surface area contributed by atoms with E-state index < -0.39 is 0 Å². The number of hydrogen-bond donors (Lipinski definition) is 2. The maximum absolute atomic E-state index is 12.6. The van der Waals surface area contributed by atoms with Gasteiger partial charge in [-0.05, 0) is 36.9 Å². The first kappa shape index (κ1) is 19.0. The summed E-state index contributed by atoms with van der Waals surface area (Å²) < 4.78 is 0. The Morgan fingerprint density at radius 1 is 1.12 bits per heavy atom. The van der Waals surface area contributed by atoms with Crippen molar-refractivity contribution in [2.75, 3.05) is 42.9 Å². The van der Waals surface area contributed by atoms with E-state index in [1.54, 1.807) is 0 Å². The molecule has 1 saturated heterocycles. The normalized spacial score (nSPS) is 27.2. The fourth-order valence-corrected chi connectivity index (χ4v) is 4.27. The molecule has 2 aliphatic rings. The third-order valence-corrected chi connectivity index (χ3v) is 6.34. The average molecular weight is 359 g/mol. The molecule has 1 aromatic rings. The lowest BCUT2D eigenvalue weighted by Gasteiger charge is -2.37. The van der Waals surface area contributed by atoms with Gasteiger partial charge in [-0.1, -0.05) is 45.7 Å². The van der Waals surface area contributed by atoms with Crippen molar-refractivity contribution in [1.29, 1.82) is 0 Å². The first-order chi connectivity index (χ1) is 12.6. The van der Waals surface area contributed by atoms with Gasteiger partial charge < -0.3 is 20.4 Å². The largest absolute Gasteiger partial charge is 0.367 e. The Balaban J connectivity index is 1.62. The minimum atomic E-state index is -0.0735. The van der Waals surface area contributed by atoms with E-state index in [1.165, 1.54) is 12.8 Å². The zero-order valence-electron chi connectivity index (χ0n) is 16.5. The number of amides is 2. The second-order valence-electron chi connectivity index (χ2n) is 7.91. The molecule has 0 radical (unpaired) electrons. The van der Waals surface area contributed by atoms with Crippen LogP contribution in [0.25, 0.3) is 0 Å². The molecule has 5 heteroatoms.